The van der Waals surface area contributed by atoms with Crippen molar-refractivity contribution >= 4 is 5.78 Å². The zero-order valence-electron chi connectivity index (χ0n) is 13.4. The third kappa shape index (κ3) is 5.20. The largest absolute Gasteiger partial charge is 0.393 e. The summed E-state index contributed by atoms with van der Waals surface area (Å²) in [6.45, 7) is 4.69. The Kier molecular flexibility index (Phi) is 6.55. The van der Waals surface area contributed by atoms with Gasteiger partial charge in [-0.25, -0.2) is 0 Å². The first-order valence-electron chi connectivity index (χ1n) is 8.01. The van der Waals surface area contributed by atoms with E-state index in [-0.39, 0.29) is 23.9 Å². The molecule has 0 spiro atoms. The first-order valence-corrected chi connectivity index (χ1v) is 8.01. The SMILES string of the molecule is CC(=O)C[C@@H]1O[C@H](CCOCc2ccccc2)C[C@H](O)[C@H]1C. The zero-order valence-corrected chi connectivity index (χ0v) is 13.4. The molecule has 0 radical (unpaired) electrons. The number of aliphatic hydroxyl groups excluding tert-OH is 1. The molecular weight excluding hydrogens is 280 g/mol. The van der Waals surface area contributed by atoms with E-state index >= 15 is 0 Å². The van der Waals surface area contributed by atoms with Crippen LogP contribution in [0.2, 0.25) is 0 Å². The first kappa shape index (κ1) is 17.1. The molecule has 1 N–H and O–H groups in total. The van der Waals surface area contributed by atoms with E-state index < -0.39 is 6.10 Å². The van der Waals surface area contributed by atoms with Crippen LogP contribution in [-0.4, -0.2) is 35.8 Å². The highest BCUT2D eigenvalue weighted by Gasteiger charge is 2.35. The van der Waals surface area contributed by atoms with E-state index in [0.717, 1.165) is 12.0 Å². The molecule has 4 heteroatoms. The number of hydrogen-bond donors (Lipinski definition) is 1. The van der Waals surface area contributed by atoms with Crippen LogP contribution in [0.1, 0.15) is 38.7 Å². The van der Waals surface area contributed by atoms with Gasteiger partial charge in [0.05, 0.1) is 24.9 Å². The Labute approximate surface area is 132 Å². The molecule has 0 saturated carbocycles. The summed E-state index contributed by atoms with van der Waals surface area (Å²) in [4.78, 5) is 11.3. The molecule has 0 aromatic heterocycles. The Hall–Kier alpha value is -1.23. The fourth-order valence-electron chi connectivity index (χ4n) is 2.84. The van der Waals surface area contributed by atoms with E-state index in [1.54, 1.807) is 6.92 Å². The van der Waals surface area contributed by atoms with Gasteiger partial charge in [0, 0.05) is 18.9 Å². The molecule has 0 aliphatic carbocycles. The molecule has 1 fully saturated rings. The lowest BCUT2D eigenvalue weighted by atomic mass is 9.87. The normalized spacial score (nSPS) is 28.5. The van der Waals surface area contributed by atoms with Gasteiger partial charge in [-0.05, 0) is 25.3 Å². The minimum Gasteiger partial charge on any atom is -0.393 e. The third-order valence-corrected chi connectivity index (χ3v) is 4.25. The summed E-state index contributed by atoms with van der Waals surface area (Å²) in [7, 11) is 0. The van der Waals surface area contributed by atoms with Gasteiger partial charge >= 0.3 is 0 Å². The van der Waals surface area contributed by atoms with Crippen molar-refractivity contribution in [1.29, 1.82) is 0 Å². The van der Waals surface area contributed by atoms with Crippen LogP contribution in [0.5, 0.6) is 0 Å². The van der Waals surface area contributed by atoms with Crippen molar-refractivity contribution in [2.75, 3.05) is 6.61 Å². The van der Waals surface area contributed by atoms with Gasteiger partial charge in [-0.3, -0.25) is 4.79 Å². The Balaban J connectivity index is 1.74. The topological polar surface area (TPSA) is 55.8 Å². The maximum Gasteiger partial charge on any atom is 0.132 e. The predicted molar refractivity (Wildman–Crippen MR) is 84.5 cm³/mol. The van der Waals surface area contributed by atoms with Crippen molar-refractivity contribution in [2.45, 2.75) is 58.0 Å². The molecular formula is C18H26O4. The standard InChI is InChI=1S/C18H26O4/c1-13(19)10-18-14(2)17(20)11-16(22-18)8-9-21-12-15-6-4-3-5-7-15/h3-7,14,16-18,20H,8-12H2,1-2H3/t14-,16-,17+,18+/m1/s1. The zero-order chi connectivity index (χ0) is 15.9. The van der Waals surface area contributed by atoms with Crippen LogP contribution in [-0.2, 0) is 20.9 Å². The molecule has 1 saturated heterocycles. The van der Waals surface area contributed by atoms with Gasteiger partial charge < -0.3 is 14.6 Å². The number of carbonyl (C=O) groups is 1. The highest BCUT2D eigenvalue weighted by atomic mass is 16.5. The number of rotatable bonds is 7. The number of carbonyl (C=O) groups excluding carboxylic acids is 1. The molecule has 22 heavy (non-hydrogen) atoms. The van der Waals surface area contributed by atoms with Crippen LogP contribution >= 0.6 is 0 Å². The summed E-state index contributed by atoms with van der Waals surface area (Å²) in [5.41, 5.74) is 1.15. The minimum atomic E-state index is -0.405. The van der Waals surface area contributed by atoms with E-state index in [9.17, 15) is 9.90 Å². The lowest BCUT2D eigenvalue weighted by molar-refractivity contribution is -0.147. The van der Waals surface area contributed by atoms with E-state index in [0.29, 0.717) is 26.1 Å². The second-order valence-electron chi connectivity index (χ2n) is 6.19. The van der Waals surface area contributed by atoms with E-state index in [4.69, 9.17) is 9.47 Å². The van der Waals surface area contributed by atoms with Crippen molar-refractivity contribution in [1.82, 2.24) is 0 Å². The molecule has 122 valence electrons. The van der Waals surface area contributed by atoms with E-state index in [1.807, 2.05) is 37.3 Å². The van der Waals surface area contributed by atoms with E-state index in [2.05, 4.69) is 0 Å². The van der Waals surface area contributed by atoms with Crippen LogP contribution in [0.15, 0.2) is 30.3 Å². The Morgan fingerprint density at radius 1 is 1.36 bits per heavy atom. The first-order chi connectivity index (χ1) is 10.6. The fraction of sp³-hybridized carbons (Fsp3) is 0.611. The molecule has 1 heterocycles. The minimum absolute atomic E-state index is 0.00499. The summed E-state index contributed by atoms with van der Waals surface area (Å²) in [6.07, 6.45) is 1.11. The maximum atomic E-state index is 11.3. The fourth-order valence-corrected chi connectivity index (χ4v) is 2.84. The lowest BCUT2D eigenvalue weighted by Gasteiger charge is -2.38. The van der Waals surface area contributed by atoms with Gasteiger partial charge in [0.2, 0.25) is 0 Å². The predicted octanol–water partition coefficient (Wildman–Crippen LogP) is 2.73. The molecule has 1 aliphatic rings. The Morgan fingerprint density at radius 2 is 2.09 bits per heavy atom. The number of aliphatic hydroxyl groups is 1. The summed E-state index contributed by atoms with van der Waals surface area (Å²) >= 11 is 0. The highest BCUT2D eigenvalue weighted by molar-refractivity contribution is 5.76. The molecule has 0 bridgehead atoms. The van der Waals surface area contributed by atoms with Crippen LogP contribution in [0.4, 0.5) is 0 Å². The molecule has 0 amide bonds. The van der Waals surface area contributed by atoms with Crippen molar-refractivity contribution in [2.24, 2.45) is 5.92 Å². The van der Waals surface area contributed by atoms with Gasteiger partial charge in [0.1, 0.15) is 5.78 Å². The third-order valence-electron chi connectivity index (χ3n) is 4.25. The van der Waals surface area contributed by atoms with Gasteiger partial charge in [-0.2, -0.15) is 0 Å². The summed E-state index contributed by atoms with van der Waals surface area (Å²) in [6, 6.07) is 10.0. The second kappa shape index (κ2) is 8.42. The van der Waals surface area contributed by atoms with Crippen LogP contribution < -0.4 is 0 Å². The molecule has 1 aromatic rings. The molecule has 4 nitrogen and oxygen atoms in total. The van der Waals surface area contributed by atoms with Gasteiger partial charge in [-0.15, -0.1) is 0 Å². The van der Waals surface area contributed by atoms with Crippen molar-refractivity contribution in [3.8, 4) is 0 Å². The number of hydrogen-bond acceptors (Lipinski definition) is 4. The second-order valence-corrected chi connectivity index (χ2v) is 6.19. The van der Waals surface area contributed by atoms with Gasteiger partial charge in [0.25, 0.3) is 0 Å². The molecule has 1 aromatic carbocycles. The van der Waals surface area contributed by atoms with Crippen LogP contribution in [0.3, 0.4) is 0 Å². The van der Waals surface area contributed by atoms with Crippen molar-refractivity contribution in [3.63, 3.8) is 0 Å². The lowest BCUT2D eigenvalue weighted by Crippen LogP contribution is -2.44. The van der Waals surface area contributed by atoms with Gasteiger partial charge in [-0.1, -0.05) is 37.3 Å². The average Bonchev–Trinajstić information content (AvgIpc) is 2.49. The average molecular weight is 306 g/mol. The summed E-state index contributed by atoms with van der Waals surface area (Å²) in [5, 5.41) is 10.1. The monoisotopic (exact) mass is 306 g/mol. The van der Waals surface area contributed by atoms with Crippen LogP contribution in [0, 0.1) is 5.92 Å². The number of benzene rings is 1. The highest BCUT2D eigenvalue weighted by Crippen LogP contribution is 2.29. The number of ether oxygens (including phenoxy) is 2. The molecule has 1 aliphatic heterocycles. The smallest absolute Gasteiger partial charge is 0.132 e. The molecule has 4 atom stereocenters. The number of Topliss-reactive ketones (excluding diaryl/α,β-unsaturated/α-hetero) is 1. The molecule has 0 unspecified atom stereocenters. The van der Waals surface area contributed by atoms with Gasteiger partial charge in [0.15, 0.2) is 0 Å². The van der Waals surface area contributed by atoms with Crippen LogP contribution in [0.25, 0.3) is 0 Å². The Bertz CT molecular complexity index is 459. The van der Waals surface area contributed by atoms with Crippen molar-refractivity contribution < 1.29 is 19.4 Å². The summed E-state index contributed by atoms with van der Waals surface area (Å²) < 4.78 is 11.6. The van der Waals surface area contributed by atoms with E-state index in [1.165, 1.54) is 0 Å². The maximum absolute atomic E-state index is 11.3. The quantitative estimate of drug-likeness (QED) is 0.787. The van der Waals surface area contributed by atoms with Crippen molar-refractivity contribution in [3.05, 3.63) is 35.9 Å². The molecule has 2 rings (SSSR count). The summed E-state index contributed by atoms with van der Waals surface area (Å²) in [5.74, 6) is 0.107. The Morgan fingerprint density at radius 3 is 2.77 bits per heavy atom. The number of ketones is 1.